The minimum Gasteiger partial charge on any atom is -0.493 e. The van der Waals surface area contributed by atoms with Crippen LogP contribution in [0.25, 0.3) is 0 Å². The second kappa shape index (κ2) is 8.57. The number of ether oxygens (including phenoxy) is 2. The fourth-order valence-electron chi connectivity index (χ4n) is 1.61. The summed E-state index contributed by atoms with van der Waals surface area (Å²) in [6.07, 6.45) is 4.20. The van der Waals surface area contributed by atoms with Crippen molar-refractivity contribution in [3.8, 4) is 11.5 Å². The lowest BCUT2D eigenvalue weighted by atomic mass is 10.1. The van der Waals surface area contributed by atoms with Crippen LogP contribution in [0.2, 0.25) is 0 Å². The van der Waals surface area contributed by atoms with E-state index >= 15 is 0 Å². The minimum atomic E-state index is 0.0290. The number of unbranched alkanes of at least 4 members (excludes halogenated alkanes) is 2. The molecule has 0 heterocycles. The maximum atomic E-state index is 11.5. The lowest BCUT2D eigenvalue weighted by Gasteiger charge is -2.11. The van der Waals surface area contributed by atoms with Gasteiger partial charge in [0.05, 0.1) is 13.2 Å². The Morgan fingerprint density at radius 1 is 0.947 bits per heavy atom. The van der Waals surface area contributed by atoms with Crippen molar-refractivity contribution in [2.24, 2.45) is 0 Å². The summed E-state index contributed by atoms with van der Waals surface area (Å²) in [6.45, 7) is 7.14. The van der Waals surface area contributed by atoms with Crippen molar-refractivity contribution in [1.29, 1.82) is 0 Å². The van der Waals surface area contributed by atoms with Crippen LogP contribution in [0.4, 0.5) is 0 Å². The Hall–Kier alpha value is -1.51. The van der Waals surface area contributed by atoms with Crippen LogP contribution in [-0.2, 0) is 0 Å². The minimum absolute atomic E-state index is 0.0290. The molecule has 1 aromatic rings. The van der Waals surface area contributed by atoms with Gasteiger partial charge in [-0.1, -0.05) is 26.7 Å². The average molecular weight is 264 g/mol. The number of carbonyl (C=O) groups excluding carboxylic acids is 1. The molecular formula is C16H24O3. The topological polar surface area (TPSA) is 35.5 Å². The fourth-order valence-corrected chi connectivity index (χ4v) is 1.61. The molecule has 19 heavy (non-hydrogen) atoms. The SMILES string of the molecule is CCCCOc1cc(OCCCC)cc(C(C)=O)c1. The van der Waals surface area contributed by atoms with Crippen molar-refractivity contribution in [3.63, 3.8) is 0 Å². The summed E-state index contributed by atoms with van der Waals surface area (Å²) in [5, 5.41) is 0. The quantitative estimate of drug-likeness (QED) is 0.494. The van der Waals surface area contributed by atoms with E-state index in [0.29, 0.717) is 30.3 Å². The van der Waals surface area contributed by atoms with E-state index in [1.807, 2.05) is 6.07 Å². The molecule has 0 radical (unpaired) electrons. The molecule has 0 aliphatic rings. The zero-order valence-electron chi connectivity index (χ0n) is 12.2. The van der Waals surface area contributed by atoms with E-state index in [0.717, 1.165) is 25.7 Å². The summed E-state index contributed by atoms with van der Waals surface area (Å²) >= 11 is 0. The van der Waals surface area contributed by atoms with E-state index in [1.54, 1.807) is 19.1 Å². The Balaban J connectivity index is 2.75. The van der Waals surface area contributed by atoms with Crippen LogP contribution >= 0.6 is 0 Å². The van der Waals surface area contributed by atoms with Gasteiger partial charge in [-0.15, -0.1) is 0 Å². The number of ketones is 1. The zero-order chi connectivity index (χ0) is 14.1. The number of hydrogen-bond acceptors (Lipinski definition) is 3. The molecule has 0 amide bonds. The molecule has 0 N–H and O–H groups in total. The summed E-state index contributed by atoms with van der Waals surface area (Å²) < 4.78 is 11.3. The van der Waals surface area contributed by atoms with Gasteiger partial charge < -0.3 is 9.47 Å². The Bertz CT molecular complexity index is 371. The normalized spacial score (nSPS) is 10.3. The van der Waals surface area contributed by atoms with E-state index in [4.69, 9.17) is 9.47 Å². The van der Waals surface area contributed by atoms with Crippen LogP contribution < -0.4 is 9.47 Å². The third kappa shape index (κ3) is 5.77. The molecule has 106 valence electrons. The standard InChI is InChI=1S/C16H24O3/c1-4-6-8-18-15-10-14(13(3)17)11-16(12-15)19-9-7-5-2/h10-12H,4-9H2,1-3H3. The van der Waals surface area contributed by atoms with Crippen LogP contribution in [0.3, 0.4) is 0 Å². The molecule has 1 rings (SSSR count). The monoisotopic (exact) mass is 264 g/mol. The molecule has 0 spiro atoms. The van der Waals surface area contributed by atoms with Crippen molar-refractivity contribution >= 4 is 5.78 Å². The summed E-state index contributed by atoms with van der Waals surface area (Å²) in [6, 6.07) is 5.42. The highest BCUT2D eigenvalue weighted by Gasteiger charge is 2.06. The van der Waals surface area contributed by atoms with Crippen LogP contribution in [0.15, 0.2) is 18.2 Å². The molecular weight excluding hydrogens is 240 g/mol. The summed E-state index contributed by atoms with van der Waals surface area (Å²) in [7, 11) is 0. The van der Waals surface area contributed by atoms with Crippen LogP contribution in [0, 0.1) is 0 Å². The highest BCUT2D eigenvalue weighted by Crippen LogP contribution is 2.24. The maximum absolute atomic E-state index is 11.5. The predicted octanol–water partition coefficient (Wildman–Crippen LogP) is 4.25. The smallest absolute Gasteiger partial charge is 0.160 e. The second-order valence-electron chi connectivity index (χ2n) is 4.65. The van der Waals surface area contributed by atoms with Gasteiger partial charge in [-0.25, -0.2) is 0 Å². The van der Waals surface area contributed by atoms with Crippen molar-refractivity contribution in [3.05, 3.63) is 23.8 Å². The Kier molecular flexibility index (Phi) is 7.01. The Morgan fingerprint density at radius 3 is 1.79 bits per heavy atom. The molecule has 0 aromatic heterocycles. The molecule has 0 saturated carbocycles. The Labute approximate surface area is 115 Å². The third-order valence-electron chi connectivity index (χ3n) is 2.82. The molecule has 0 fully saturated rings. The lowest BCUT2D eigenvalue weighted by Crippen LogP contribution is -2.02. The summed E-state index contributed by atoms with van der Waals surface area (Å²) in [5.74, 6) is 1.46. The number of rotatable bonds is 9. The molecule has 1 aromatic carbocycles. The van der Waals surface area contributed by atoms with Gasteiger partial charge in [0.1, 0.15) is 11.5 Å². The van der Waals surface area contributed by atoms with Gasteiger partial charge in [0.25, 0.3) is 0 Å². The molecule has 0 unspecified atom stereocenters. The zero-order valence-corrected chi connectivity index (χ0v) is 12.2. The second-order valence-corrected chi connectivity index (χ2v) is 4.65. The van der Waals surface area contributed by atoms with Crippen molar-refractivity contribution in [2.45, 2.75) is 46.5 Å². The third-order valence-corrected chi connectivity index (χ3v) is 2.82. The first-order valence-corrected chi connectivity index (χ1v) is 7.09. The van der Waals surface area contributed by atoms with Gasteiger partial charge in [0.15, 0.2) is 5.78 Å². The first-order chi connectivity index (χ1) is 9.17. The van der Waals surface area contributed by atoms with Gasteiger partial charge in [0, 0.05) is 11.6 Å². The highest BCUT2D eigenvalue weighted by molar-refractivity contribution is 5.94. The summed E-state index contributed by atoms with van der Waals surface area (Å²) in [4.78, 5) is 11.5. The van der Waals surface area contributed by atoms with E-state index < -0.39 is 0 Å². The highest BCUT2D eigenvalue weighted by atomic mass is 16.5. The first-order valence-electron chi connectivity index (χ1n) is 7.09. The van der Waals surface area contributed by atoms with Gasteiger partial charge >= 0.3 is 0 Å². The van der Waals surface area contributed by atoms with E-state index in [9.17, 15) is 4.79 Å². The van der Waals surface area contributed by atoms with Gasteiger partial charge in [-0.05, 0) is 31.9 Å². The van der Waals surface area contributed by atoms with Crippen LogP contribution in [0.1, 0.15) is 56.8 Å². The van der Waals surface area contributed by atoms with Crippen LogP contribution in [0.5, 0.6) is 11.5 Å². The number of carbonyl (C=O) groups is 1. The molecule has 3 heteroatoms. The average Bonchev–Trinajstić information content (AvgIpc) is 2.39. The largest absolute Gasteiger partial charge is 0.493 e. The molecule has 0 aliphatic heterocycles. The molecule has 0 bridgehead atoms. The van der Waals surface area contributed by atoms with Gasteiger partial charge in [-0.3, -0.25) is 4.79 Å². The van der Waals surface area contributed by atoms with Crippen LogP contribution in [-0.4, -0.2) is 19.0 Å². The van der Waals surface area contributed by atoms with Crippen molar-refractivity contribution in [1.82, 2.24) is 0 Å². The maximum Gasteiger partial charge on any atom is 0.160 e. The van der Waals surface area contributed by atoms with Gasteiger partial charge in [0.2, 0.25) is 0 Å². The molecule has 0 atom stereocenters. The van der Waals surface area contributed by atoms with E-state index in [-0.39, 0.29) is 5.78 Å². The Morgan fingerprint density at radius 2 is 1.42 bits per heavy atom. The first kappa shape index (κ1) is 15.5. The predicted molar refractivity (Wildman–Crippen MR) is 77.3 cm³/mol. The molecule has 0 saturated heterocycles. The lowest BCUT2D eigenvalue weighted by molar-refractivity contribution is 0.101. The van der Waals surface area contributed by atoms with Crippen molar-refractivity contribution in [2.75, 3.05) is 13.2 Å². The van der Waals surface area contributed by atoms with Gasteiger partial charge in [-0.2, -0.15) is 0 Å². The number of benzene rings is 1. The number of hydrogen-bond donors (Lipinski definition) is 0. The number of Topliss-reactive ketones (excluding diaryl/α,β-unsaturated/α-hetero) is 1. The molecule has 0 aliphatic carbocycles. The van der Waals surface area contributed by atoms with E-state index in [2.05, 4.69) is 13.8 Å². The van der Waals surface area contributed by atoms with E-state index in [1.165, 1.54) is 0 Å². The fraction of sp³-hybridized carbons (Fsp3) is 0.562. The molecule has 3 nitrogen and oxygen atoms in total. The summed E-state index contributed by atoms with van der Waals surface area (Å²) in [5.41, 5.74) is 0.639. The van der Waals surface area contributed by atoms with Crippen molar-refractivity contribution < 1.29 is 14.3 Å².